The Morgan fingerprint density at radius 2 is 1.93 bits per heavy atom. The normalized spacial score (nSPS) is 36.0. The molecule has 14 heavy (non-hydrogen) atoms. The third kappa shape index (κ3) is 3.25. The zero-order valence-electron chi connectivity index (χ0n) is 9.61. The molecule has 1 fully saturated rings. The molecule has 0 aromatic heterocycles. The Labute approximate surface area is 87.3 Å². The van der Waals surface area contributed by atoms with Crippen LogP contribution >= 0.6 is 0 Å². The van der Waals surface area contributed by atoms with E-state index in [2.05, 4.69) is 6.92 Å². The van der Waals surface area contributed by atoms with Gasteiger partial charge in [-0.05, 0) is 43.4 Å². The van der Waals surface area contributed by atoms with E-state index in [1.165, 1.54) is 0 Å². The lowest BCUT2D eigenvalue weighted by atomic mass is 9.77. The van der Waals surface area contributed by atoms with Gasteiger partial charge in [-0.3, -0.25) is 0 Å². The largest absolute Gasteiger partial charge is 0.393 e. The van der Waals surface area contributed by atoms with Crippen molar-refractivity contribution in [1.29, 1.82) is 0 Å². The molecule has 0 spiro atoms. The number of aliphatic hydroxyl groups excluding tert-OH is 2. The highest BCUT2D eigenvalue weighted by Crippen LogP contribution is 2.32. The Bertz CT molecular complexity index is 168. The van der Waals surface area contributed by atoms with Gasteiger partial charge >= 0.3 is 0 Å². The topological polar surface area (TPSA) is 40.5 Å². The summed E-state index contributed by atoms with van der Waals surface area (Å²) in [6, 6.07) is 0. The van der Waals surface area contributed by atoms with Gasteiger partial charge in [0.05, 0.1) is 12.2 Å². The van der Waals surface area contributed by atoms with E-state index < -0.39 is 0 Å². The summed E-state index contributed by atoms with van der Waals surface area (Å²) < 4.78 is 0. The zero-order chi connectivity index (χ0) is 10.7. The molecule has 0 heterocycles. The van der Waals surface area contributed by atoms with Crippen molar-refractivity contribution < 1.29 is 10.2 Å². The molecule has 2 heteroatoms. The summed E-state index contributed by atoms with van der Waals surface area (Å²) in [6.45, 7) is 6.30. The number of rotatable bonds is 3. The maximum absolute atomic E-state index is 9.81. The summed E-state index contributed by atoms with van der Waals surface area (Å²) >= 11 is 0. The molecule has 0 aromatic carbocycles. The van der Waals surface area contributed by atoms with Crippen LogP contribution < -0.4 is 0 Å². The van der Waals surface area contributed by atoms with E-state index >= 15 is 0 Å². The lowest BCUT2D eigenvalue weighted by Crippen LogP contribution is -2.32. The van der Waals surface area contributed by atoms with Crippen molar-refractivity contribution in [2.24, 2.45) is 17.8 Å². The van der Waals surface area contributed by atoms with Crippen LogP contribution in [0.5, 0.6) is 0 Å². The highest BCUT2D eigenvalue weighted by atomic mass is 16.3. The second kappa shape index (κ2) is 5.13. The summed E-state index contributed by atoms with van der Waals surface area (Å²) in [4.78, 5) is 0. The van der Waals surface area contributed by atoms with Crippen LogP contribution in [0, 0.1) is 17.8 Å². The van der Waals surface area contributed by atoms with Crippen LogP contribution in [-0.2, 0) is 0 Å². The van der Waals surface area contributed by atoms with Gasteiger partial charge in [0.1, 0.15) is 0 Å². The smallest absolute Gasteiger partial charge is 0.0569 e. The number of hydrogen-bond donors (Lipinski definition) is 2. The molecular formula is C12H24O2. The van der Waals surface area contributed by atoms with Crippen LogP contribution in [0.2, 0.25) is 0 Å². The summed E-state index contributed by atoms with van der Waals surface area (Å²) in [6.07, 6.45) is 3.46. The van der Waals surface area contributed by atoms with Gasteiger partial charge < -0.3 is 10.2 Å². The van der Waals surface area contributed by atoms with E-state index in [0.29, 0.717) is 17.8 Å². The molecule has 1 aliphatic carbocycles. The third-order valence-electron chi connectivity index (χ3n) is 3.52. The minimum Gasteiger partial charge on any atom is -0.393 e. The van der Waals surface area contributed by atoms with Crippen molar-refractivity contribution in [1.82, 2.24) is 0 Å². The van der Waals surface area contributed by atoms with E-state index in [4.69, 9.17) is 0 Å². The number of hydrogen-bond acceptors (Lipinski definition) is 2. The molecule has 4 atom stereocenters. The lowest BCUT2D eigenvalue weighted by Gasteiger charge is -2.33. The Kier molecular flexibility index (Phi) is 4.39. The fraction of sp³-hybridized carbons (Fsp3) is 1.00. The van der Waals surface area contributed by atoms with Crippen molar-refractivity contribution in [2.45, 2.75) is 58.7 Å². The zero-order valence-corrected chi connectivity index (χ0v) is 9.61. The molecule has 0 amide bonds. The van der Waals surface area contributed by atoms with E-state index in [9.17, 15) is 10.2 Å². The van der Waals surface area contributed by atoms with Crippen molar-refractivity contribution >= 4 is 0 Å². The van der Waals surface area contributed by atoms with Gasteiger partial charge in [-0.2, -0.15) is 0 Å². The molecule has 2 N–H and O–H groups in total. The third-order valence-corrected chi connectivity index (χ3v) is 3.52. The molecule has 0 radical (unpaired) electrons. The Morgan fingerprint density at radius 1 is 1.29 bits per heavy atom. The van der Waals surface area contributed by atoms with E-state index in [0.717, 1.165) is 25.7 Å². The van der Waals surface area contributed by atoms with E-state index in [1.54, 1.807) is 0 Å². The molecule has 1 aliphatic rings. The maximum Gasteiger partial charge on any atom is 0.0569 e. The quantitative estimate of drug-likeness (QED) is 0.733. The molecule has 0 aliphatic heterocycles. The average Bonchev–Trinajstić information content (AvgIpc) is 2.11. The average molecular weight is 200 g/mol. The van der Waals surface area contributed by atoms with Gasteiger partial charge in [0.15, 0.2) is 0 Å². The van der Waals surface area contributed by atoms with Crippen LogP contribution in [0.15, 0.2) is 0 Å². The first-order valence-corrected chi connectivity index (χ1v) is 5.86. The predicted molar refractivity (Wildman–Crippen MR) is 58.0 cm³/mol. The fourth-order valence-electron chi connectivity index (χ4n) is 2.32. The summed E-state index contributed by atoms with van der Waals surface area (Å²) in [5, 5.41) is 19.6. The Hall–Kier alpha value is -0.0800. The molecule has 4 unspecified atom stereocenters. The Balaban J connectivity index is 2.41. The molecule has 1 saturated carbocycles. The highest BCUT2D eigenvalue weighted by molar-refractivity contribution is 4.80. The van der Waals surface area contributed by atoms with Gasteiger partial charge in [0.25, 0.3) is 0 Å². The second-order valence-corrected chi connectivity index (χ2v) is 5.29. The molecule has 0 saturated heterocycles. The van der Waals surface area contributed by atoms with Crippen molar-refractivity contribution in [2.75, 3.05) is 0 Å². The fourth-order valence-corrected chi connectivity index (χ4v) is 2.32. The summed E-state index contributed by atoms with van der Waals surface area (Å²) in [5.41, 5.74) is 0. The molecule has 0 bridgehead atoms. The first-order valence-electron chi connectivity index (χ1n) is 5.86. The summed E-state index contributed by atoms with van der Waals surface area (Å²) in [7, 11) is 0. The van der Waals surface area contributed by atoms with Gasteiger partial charge in [0, 0.05) is 0 Å². The minimum atomic E-state index is -0.250. The van der Waals surface area contributed by atoms with Gasteiger partial charge in [-0.15, -0.1) is 0 Å². The van der Waals surface area contributed by atoms with Crippen LogP contribution in [0.3, 0.4) is 0 Å². The van der Waals surface area contributed by atoms with E-state index in [-0.39, 0.29) is 12.2 Å². The second-order valence-electron chi connectivity index (χ2n) is 5.29. The van der Waals surface area contributed by atoms with Crippen molar-refractivity contribution in [3.05, 3.63) is 0 Å². The number of aliphatic hydroxyl groups is 2. The summed E-state index contributed by atoms with van der Waals surface area (Å²) in [5.74, 6) is 1.33. The lowest BCUT2D eigenvalue weighted by molar-refractivity contribution is 0.00847. The van der Waals surface area contributed by atoms with E-state index in [1.807, 2.05) is 13.8 Å². The van der Waals surface area contributed by atoms with Crippen LogP contribution in [-0.4, -0.2) is 22.4 Å². The molecule has 1 rings (SSSR count). The van der Waals surface area contributed by atoms with Gasteiger partial charge in [-0.25, -0.2) is 0 Å². The molecule has 0 aromatic rings. The van der Waals surface area contributed by atoms with Crippen molar-refractivity contribution in [3.8, 4) is 0 Å². The van der Waals surface area contributed by atoms with Crippen molar-refractivity contribution in [3.63, 3.8) is 0 Å². The maximum atomic E-state index is 9.81. The molecule has 2 nitrogen and oxygen atoms in total. The Morgan fingerprint density at radius 3 is 2.50 bits per heavy atom. The minimum absolute atomic E-state index is 0.181. The van der Waals surface area contributed by atoms with Crippen LogP contribution in [0.4, 0.5) is 0 Å². The van der Waals surface area contributed by atoms with Crippen LogP contribution in [0.1, 0.15) is 46.5 Å². The molecular weight excluding hydrogens is 176 g/mol. The first-order chi connectivity index (χ1) is 6.50. The van der Waals surface area contributed by atoms with Gasteiger partial charge in [0.2, 0.25) is 0 Å². The monoisotopic (exact) mass is 200 g/mol. The molecule has 84 valence electrons. The standard InChI is InChI=1S/C12H24O2/c1-8(2)12(14)7-10-6-9(3)4-5-11(10)13/h8-14H,4-7H2,1-3H3. The predicted octanol–water partition coefficient (Wildman–Crippen LogP) is 2.19. The SMILES string of the molecule is CC1CCC(O)C(CC(O)C(C)C)C1. The first kappa shape index (κ1) is 12.0. The highest BCUT2D eigenvalue weighted by Gasteiger charge is 2.29. The van der Waals surface area contributed by atoms with Crippen LogP contribution in [0.25, 0.3) is 0 Å². The van der Waals surface area contributed by atoms with Gasteiger partial charge in [-0.1, -0.05) is 20.8 Å².